The summed E-state index contributed by atoms with van der Waals surface area (Å²) < 4.78 is 28.1. The number of nitrogens with zero attached hydrogens (tertiary/aromatic N) is 5. The molecule has 0 aliphatic carbocycles. The Kier molecular flexibility index (Phi) is 5.30. The van der Waals surface area contributed by atoms with Crippen molar-refractivity contribution in [3.8, 4) is 17.0 Å². The van der Waals surface area contributed by atoms with Gasteiger partial charge in [-0.05, 0) is 36.4 Å². The molecule has 0 amide bonds. The monoisotopic (exact) mass is 436 g/mol. The number of hydrogen-bond acceptors (Lipinski definition) is 7. The summed E-state index contributed by atoms with van der Waals surface area (Å²) in [4.78, 5) is 8.37. The first-order valence-electron chi connectivity index (χ1n) is 9.37. The molecule has 10 heteroatoms. The molecule has 4 rings (SSSR count). The number of para-hydroxylation sites is 1. The van der Waals surface area contributed by atoms with E-state index >= 15 is 0 Å². The Morgan fingerprint density at radius 2 is 1.81 bits per heavy atom. The highest BCUT2D eigenvalue weighted by molar-refractivity contribution is 7.95. The maximum Gasteiger partial charge on any atom is 0.256 e. The fourth-order valence-corrected chi connectivity index (χ4v) is 4.21. The summed E-state index contributed by atoms with van der Waals surface area (Å²) in [7, 11) is -3.72. The van der Waals surface area contributed by atoms with Crippen molar-refractivity contribution in [1.82, 2.24) is 19.7 Å². The minimum absolute atomic E-state index is 0.105. The van der Waals surface area contributed by atoms with Crippen molar-refractivity contribution in [3.63, 3.8) is 0 Å². The molecule has 4 aromatic rings. The van der Waals surface area contributed by atoms with Crippen LogP contribution >= 0.6 is 0 Å². The van der Waals surface area contributed by atoms with Gasteiger partial charge in [-0.1, -0.05) is 24.8 Å². The van der Waals surface area contributed by atoms with Crippen molar-refractivity contribution < 1.29 is 13.5 Å². The van der Waals surface area contributed by atoms with Crippen LogP contribution in [-0.4, -0.2) is 39.8 Å². The maximum absolute atomic E-state index is 12.6. The average Bonchev–Trinajstić information content (AvgIpc) is 3.15. The second-order valence-electron chi connectivity index (χ2n) is 6.70. The minimum atomic E-state index is -3.72. The lowest BCUT2D eigenvalue weighted by Crippen LogP contribution is -2.32. The molecule has 0 aliphatic heterocycles. The number of nitrogen functional groups attached to an aromatic ring is 1. The number of aromatic nitrogens is 4. The van der Waals surface area contributed by atoms with E-state index in [9.17, 15) is 13.5 Å². The van der Waals surface area contributed by atoms with Gasteiger partial charge in [-0.15, -0.1) is 0 Å². The molecule has 0 spiro atoms. The van der Waals surface area contributed by atoms with E-state index in [4.69, 9.17) is 5.73 Å². The highest BCUT2D eigenvalue weighted by atomic mass is 32.2. The molecule has 0 aliphatic rings. The number of anilines is 2. The van der Waals surface area contributed by atoms with Crippen LogP contribution in [0.4, 0.5) is 11.5 Å². The zero-order chi connectivity index (χ0) is 22.0. The third kappa shape index (κ3) is 3.92. The van der Waals surface area contributed by atoms with Crippen molar-refractivity contribution in [1.29, 1.82) is 0 Å². The van der Waals surface area contributed by atoms with Crippen LogP contribution in [0.5, 0.6) is 5.75 Å². The molecule has 2 heterocycles. The SMILES string of the molecule is C=CS(=O)(=O)N(CCn1nc(-c2ccc(O)cc2)c2c(N)ncnc21)c1ccccc1. The fourth-order valence-electron chi connectivity index (χ4n) is 3.28. The van der Waals surface area contributed by atoms with E-state index in [1.807, 2.05) is 6.07 Å². The Balaban J connectivity index is 1.75. The number of nitrogens with two attached hydrogens (primary N) is 1. The van der Waals surface area contributed by atoms with Crippen molar-refractivity contribution >= 4 is 32.6 Å². The summed E-state index contributed by atoms with van der Waals surface area (Å²) in [5.41, 5.74) is 8.38. The average molecular weight is 436 g/mol. The predicted molar refractivity (Wildman–Crippen MR) is 120 cm³/mol. The zero-order valence-corrected chi connectivity index (χ0v) is 17.3. The third-order valence-corrected chi connectivity index (χ3v) is 6.21. The van der Waals surface area contributed by atoms with Gasteiger partial charge < -0.3 is 10.8 Å². The van der Waals surface area contributed by atoms with E-state index in [1.165, 1.54) is 10.6 Å². The second-order valence-corrected chi connectivity index (χ2v) is 8.50. The summed E-state index contributed by atoms with van der Waals surface area (Å²) >= 11 is 0. The number of phenols is 1. The predicted octanol–water partition coefficient (Wildman–Crippen LogP) is 2.76. The van der Waals surface area contributed by atoms with Gasteiger partial charge in [0, 0.05) is 11.0 Å². The standard InChI is InChI=1S/C21H20N6O3S/c1-2-31(29,30)27(16-6-4-3-5-7-16)13-12-26-21-18(20(22)23-14-24-21)19(25-26)15-8-10-17(28)11-9-15/h2-11,14,28H,1,12-13H2,(H2,22,23,24). The van der Waals surface area contributed by atoms with Gasteiger partial charge in [0.2, 0.25) is 0 Å². The number of rotatable bonds is 7. The molecule has 2 aromatic carbocycles. The molecule has 31 heavy (non-hydrogen) atoms. The topological polar surface area (TPSA) is 127 Å². The fraction of sp³-hybridized carbons (Fsp3) is 0.0952. The molecule has 0 saturated heterocycles. The van der Waals surface area contributed by atoms with Gasteiger partial charge >= 0.3 is 0 Å². The Bertz CT molecular complexity index is 1340. The van der Waals surface area contributed by atoms with Crippen LogP contribution in [0.25, 0.3) is 22.3 Å². The van der Waals surface area contributed by atoms with Crippen LogP contribution in [0.3, 0.4) is 0 Å². The minimum Gasteiger partial charge on any atom is -0.508 e. The number of phenolic OH excluding ortho intramolecular Hbond substituents is 1. The lowest BCUT2D eigenvalue weighted by Gasteiger charge is -2.22. The van der Waals surface area contributed by atoms with Gasteiger partial charge in [-0.2, -0.15) is 5.10 Å². The summed E-state index contributed by atoms with van der Waals surface area (Å²) in [6, 6.07) is 15.3. The molecule has 0 bridgehead atoms. The van der Waals surface area contributed by atoms with Crippen molar-refractivity contribution in [2.45, 2.75) is 6.54 Å². The molecule has 0 unspecified atom stereocenters. The number of benzene rings is 2. The van der Waals surface area contributed by atoms with Crippen molar-refractivity contribution in [2.24, 2.45) is 0 Å². The smallest absolute Gasteiger partial charge is 0.256 e. The van der Waals surface area contributed by atoms with Gasteiger partial charge in [0.15, 0.2) is 5.65 Å². The summed E-state index contributed by atoms with van der Waals surface area (Å²) in [5.74, 6) is 0.391. The molecule has 3 N–H and O–H groups in total. The molecule has 0 radical (unpaired) electrons. The Morgan fingerprint density at radius 1 is 1.10 bits per heavy atom. The van der Waals surface area contributed by atoms with Crippen LogP contribution in [0.15, 0.2) is 72.9 Å². The Labute approximate surface area is 179 Å². The molecule has 0 fully saturated rings. The van der Waals surface area contributed by atoms with Crippen LogP contribution in [-0.2, 0) is 16.6 Å². The van der Waals surface area contributed by atoms with Crippen LogP contribution in [0, 0.1) is 0 Å². The van der Waals surface area contributed by atoms with Gasteiger partial charge in [0.1, 0.15) is 23.6 Å². The van der Waals surface area contributed by atoms with E-state index in [1.54, 1.807) is 53.2 Å². The van der Waals surface area contributed by atoms with E-state index in [0.29, 0.717) is 22.4 Å². The van der Waals surface area contributed by atoms with E-state index < -0.39 is 10.0 Å². The summed E-state index contributed by atoms with van der Waals surface area (Å²) in [6.07, 6.45) is 1.34. The van der Waals surface area contributed by atoms with E-state index in [2.05, 4.69) is 21.6 Å². The van der Waals surface area contributed by atoms with Crippen molar-refractivity contribution in [2.75, 3.05) is 16.6 Å². The normalized spacial score (nSPS) is 11.5. The van der Waals surface area contributed by atoms with E-state index in [0.717, 1.165) is 11.0 Å². The van der Waals surface area contributed by atoms with Gasteiger partial charge in [-0.25, -0.2) is 23.1 Å². The number of fused-ring (bicyclic) bond motifs is 1. The lowest BCUT2D eigenvalue weighted by atomic mass is 10.1. The van der Waals surface area contributed by atoms with Gasteiger partial charge in [0.05, 0.1) is 24.2 Å². The molecule has 0 saturated carbocycles. The first-order chi connectivity index (χ1) is 14.9. The molecule has 2 aromatic heterocycles. The first-order valence-corrected chi connectivity index (χ1v) is 10.9. The van der Waals surface area contributed by atoms with Crippen LogP contribution < -0.4 is 10.0 Å². The quantitative estimate of drug-likeness (QED) is 0.456. The zero-order valence-electron chi connectivity index (χ0n) is 16.5. The highest BCUT2D eigenvalue weighted by Crippen LogP contribution is 2.31. The number of hydrogen-bond donors (Lipinski definition) is 2. The Hall–Kier alpha value is -3.92. The van der Waals surface area contributed by atoms with E-state index in [-0.39, 0.29) is 24.7 Å². The lowest BCUT2D eigenvalue weighted by molar-refractivity contribution is 0.475. The molecular formula is C21H20N6O3S. The highest BCUT2D eigenvalue weighted by Gasteiger charge is 2.21. The molecule has 9 nitrogen and oxygen atoms in total. The van der Waals surface area contributed by atoms with Gasteiger partial charge in [-0.3, -0.25) is 4.31 Å². The van der Waals surface area contributed by atoms with Crippen LogP contribution in [0.1, 0.15) is 0 Å². The number of aromatic hydroxyl groups is 1. The third-order valence-electron chi connectivity index (χ3n) is 4.78. The Morgan fingerprint density at radius 3 is 2.48 bits per heavy atom. The second kappa shape index (κ2) is 8.07. The number of sulfonamides is 1. The van der Waals surface area contributed by atoms with Crippen molar-refractivity contribution in [3.05, 3.63) is 72.9 Å². The summed E-state index contributed by atoms with van der Waals surface area (Å²) in [5, 5.41) is 15.7. The first kappa shape index (κ1) is 20.4. The largest absolute Gasteiger partial charge is 0.508 e. The molecule has 158 valence electrons. The van der Waals surface area contributed by atoms with Crippen LogP contribution in [0.2, 0.25) is 0 Å². The van der Waals surface area contributed by atoms with Gasteiger partial charge in [0.25, 0.3) is 10.0 Å². The maximum atomic E-state index is 12.6. The molecular weight excluding hydrogens is 416 g/mol. The summed E-state index contributed by atoms with van der Waals surface area (Å²) in [6.45, 7) is 3.76. The molecule has 0 atom stereocenters.